The van der Waals surface area contributed by atoms with E-state index < -0.39 is 12.0 Å². The highest BCUT2D eigenvalue weighted by molar-refractivity contribution is 5.94. The molecule has 1 aromatic heterocycles. The van der Waals surface area contributed by atoms with Crippen LogP contribution in [0, 0.1) is 5.41 Å². The first-order valence-electron chi connectivity index (χ1n) is 5.60. The zero-order valence-electron chi connectivity index (χ0n) is 10.7. The lowest BCUT2D eigenvalue weighted by Crippen LogP contribution is -2.45. The van der Waals surface area contributed by atoms with E-state index in [0.717, 1.165) is 0 Å². The number of amides is 1. The molecule has 1 rings (SSSR count). The average molecular weight is 251 g/mol. The van der Waals surface area contributed by atoms with Crippen LogP contribution in [0.25, 0.3) is 0 Å². The molecule has 0 fully saturated rings. The Bertz CT molecular complexity index is 426. The van der Waals surface area contributed by atoms with Gasteiger partial charge in [-0.05, 0) is 11.5 Å². The van der Waals surface area contributed by atoms with Gasteiger partial charge in [0.1, 0.15) is 0 Å². The van der Waals surface area contributed by atoms with Gasteiger partial charge in [0.25, 0.3) is 5.91 Å². The Balaban J connectivity index is 2.78. The number of carboxylic acids is 1. The van der Waals surface area contributed by atoms with Gasteiger partial charge in [-0.3, -0.25) is 9.59 Å². The Morgan fingerprint density at radius 2 is 2.06 bits per heavy atom. The summed E-state index contributed by atoms with van der Waals surface area (Å²) < 4.78 is 0. The maximum atomic E-state index is 11.9. The molecule has 0 aromatic carbocycles. The molecule has 1 aromatic rings. The lowest BCUT2D eigenvalue weighted by molar-refractivity contribution is -0.138. The van der Waals surface area contributed by atoms with Crippen LogP contribution in [0.3, 0.4) is 0 Å². The number of hydrogen-bond donors (Lipinski definition) is 2. The van der Waals surface area contributed by atoms with Crippen LogP contribution in [0.1, 0.15) is 37.6 Å². The molecular weight excluding hydrogens is 234 g/mol. The monoisotopic (exact) mass is 251 g/mol. The van der Waals surface area contributed by atoms with E-state index in [-0.39, 0.29) is 17.7 Å². The van der Waals surface area contributed by atoms with Gasteiger partial charge in [-0.25, -0.2) is 0 Å². The zero-order chi connectivity index (χ0) is 13.8. The van der Waals surface area contributed by atoms with Crippen LogP contribution in [-0.2, 0) is 4.79 Å². The van der Waals surface area contributed by atoms with Gasteiger partial charge in [-0.2, -0.15) is 10.2 Å². The van der Waals surface area contributed by atoms with Crippen molar-refractivity contribution in [2.45, 2.75) is 33.2 Å². The third-order valence-corrected chi connectivity index (χ3v) is 2.58. The Hall–Kier alpha value is -1.98. The van der Waals surface area contributed by atoms with Gasteiger partial charge in [0, 0.05) is 6.04 Å². The molecule has 1 atom stereocenters. The van der Waals surface area contributed by atoms with E-state index in [0.29, 0.717) is 5.56 Å². The van der Waals surface area contributed by atoms with Crippen molar-refractivity contribution in [3.63, 3.8) is 0 Å². The summed E-state index contributed by atoms with van der Waals surface area (Å²) in [5, 5.41) is 18.8. The number of aromatic nitrogens is 2. The lowest BCUT2D eigenvalue weighted by Gasteiger charge is -2.30. The molecule has 0 saturated heterocycles. The number of nitrogens with one attached hydrogen (secondary N) is 1. The summed E-state index contributed by atoms with van der Waals surface area (Å²) in [5.41, 5.74) is 0.0266. The number of carboxylic acid groups (broad SMARTS) is 1. The quantitative estimate of drug-likeness (QED) is 0.835. The Morgan fingerprint density at radius 3 is 2.50 bits per heavy atom. The number of carbonyl (C=O) groups excluding carboxylic acids is 1. The van der Waals surface area contributed by atoms with E-state index in [1.165, 1.54) is 18.5 Å². The Kier molecular flexibility index (Phi) is 4.36. The Morgan fingerprint density at radius 1 is 1.39 bits per heavy atom. The topological polar surface area (TPSA) is 92.2 Å². The van der Waals surface area contributed by atoms with Crippen molar-refractivity contribution in [1.29, 1.82) is 0 Å². The van der Waals surface area contributed by atoms with Gasteiger partial charge in [0.05, 0.1) is 24.4 Å². The second-order valence-electron chi connectivity index (χ2n) is 5.12. The molecule has 0 aliphatic carbocycles. The Labute approximate surface area is 105 Å². The van der Waals surface area contributed by atoms with Crippen molar-refractivity contribution in [1.82, 2.24) is 15.5 Å². The molecule has 0 saturated carbocycles. The lowest BCUT2D eigenvalue weighted by atomic mass is 9.84. The summed E-state index contributed by atoms with van der Waals surface area (Å²) in [6.45, 7) is 5.64. The summed E-state index contributed by atoms with van der Waals surface area (Å²) in [5.74, 6) is -1.28. The molecule has 0 radical (unpaired) electrons. The smallest absolute Gasteiger partial charge is 0.305 e. The first-order valence-corrected chi connectivity index (χ1v) is 5.60. The number of carbonyl (C=O) groups is 2. The molecule has 6 nitrogen and oxygen atoms in total. The molecule has 0 bridgehead atoms. The second kappa shape index (κ2) is 5.57. The number of nitrogens with zero attached hydrogens (tertiary/aromatic N) is 2. The normalized spacial score (nSPS) is 12.8. The first kappa shape index (κ1) is 14.1. The fourth-order valence-electron chi connectivity index (χ4n) is 1.41. The highest BCUT2D eigenvalue weighted by Gasteiger charge is 2.28. The number of hydrogen-bond acceptors (Lipinski definition) is 4. The molecule has 0 spiro atoms. The molecule has 1 unspecified atom stereocenters. The first-order chi connectivity index (χ1) is 8.30. The molecule has 1 heterocycles. The van der Waals surface area contributed by atoms with Crippen molar-refractivity contribution in [2.75, 3.05) is 0 Å². The van der Waals surface area contributed by atoms with Gasteiger partial charge >= 0.3 is 5.97 Å². The summed E-state index contributed by atoms with van der Waals surface area (Å²) in [7, 11) is 0. The van der Waals surface area contributed by atoms with Gasteiger partial charge < -0.3 is 10.4 Å². The summed E-state index contributed by atoms with van der Waals surface area (Å²) in [6.07, 6.45) is 2.64. The summed E-state index contributed by atoms with van der Waals surface area (Å²) >= 11 is 0. The number of aliphatic carboxylic acids is 1. The highest BCUT2D eigenvalue weighted by Crippen LogP contribution is 2.22. The summed E-state index contributed by atoms with van der Waals surface area (Å²) in [4.78, 5) is 22.7. The standard InChI is InChI=1S/C12H17N3O3/c1-12(2,3)9(6-10(16)17)15-11(18)8-4-5-13-14-7-8/h4-5,7,9H,6H2,1-3H3,(H,15,18)(H,16,17). The van der Waals surface area contributed by atoms with Crippen LogP contribution in [0.4, 0.5) is 0 Å². The van der Waals surface area contributed by atoms with E-state index in [4.69, 9.17) is 5.11 Å². The molecule has 1 amide bonds. The molecule has 98 valence electrons. The molecular formula is C12H17N3O3. The SMILES string of the molecule is CC(C)(C)C(CC(=O)O)NC(=O)c1ccnnc1. The van der Waals surface area contributed by atoms with Gasteiger partial charge in [0.15, 0.2) is 0 Å². The predicted molar refractivity (Wildman–Crippen MR) is 65.0 cm³/mol. The van der Waals surface area contributed by atoms with Crippen molar-refractivity contribution in [3.05, 3.63) is 24.0 Å². The van der Waals surface area contributed by atoms with Crippen LogP contribution in [0.5, 0.6) is 0 Å². The fourth-order valence-corrected chi connectivity index (χ4v) is 1.41. The van der Waals surface area contributed by atoms with Crippen LogP contribution in [0.15, 0.2) is 18.5 Å². The molecule has 2 N–H and O–H groups in total. The maximum Gasteiger partial charge on any atom is 0.305 e. The third kappa shape index (κ3) is 4.12. The zero-order valence-corrected chi connectivity index (χ0v) is 10.7. The van der Waals surface area contributed by atoms with Crippen LogP contribution in [0.2, 0.25) is 0 Å². The third-order valence-electron chi connectivity index (χ3n) is 2.58. The van der Waals surface area contributed by atoms with Crippen LogP contribution in [-0.4, -0.2) is 33.2 Å². The molecule has 0 aliphatic rings. The van der Waals surface area contributed by atoms with E-state index in [9.17, 15) is 9.59 Å². The van der Waals surface area contributed by atoms with Gasteiger partial charge in [-0.15, -0.1) is 0 Å². The molecule has 18 heavy (non-hydrogen) atoms. The van der Waals surface area contributed by atoms with Crippen molar-refractivity contribution >= 4 is 11.9 Å². The van der Waals surface area contributed by atoms with E-state index in [1.807, 2.05) is 20.8 Å². The minimum Gasteiger partial charge on any atom is -0.481 e. The largest absolute Gasteiger partial charge is 0.481 e. The van der Waals surface area contributed by atoms with Crippen molar-refractivity contribution < 1.29 is 14.7 Å². The minimum atomic E-state index is -0.942. The number of rotatable bonds is 4. The predicted octanol–water partition coefficient (Wildman–Crippen LogP) is 1.10. The minimum absolute atomic E-state index is 0.117. The van der Waals surface area contributed by atoms with E-state index >= 15 is 0 Å². The summed E-state index contributed by atoms with van der Waals surface area (Å²) in [6, 6.07) is 1.08. The molecule has 0 aliphatic heterocycles. The van der Waals surface area contributed by atoms with Gasteiger partial charge in [-0.1, -0.05) is 20.8 Å². The molecule has 6 heteroatoms. The van der Waals surface area contributed by atoms with Gasteiger partial charge in [0.2, 0.25) is 0 Å². The average Bonchev–Trinajstić information content (AvgIpc) is 2.27. The van der Waals surface area contributed by atoms with Crippen molar-refractivity contribution in [2.24, 2.45) is 5.41 Å². The van der Waals surface area contributed by atoms with Crippen molar-refractivity contribution in [3.8, 4) is 0 Å². The highest BCUT2D eigenvalue weighted by atomic mass is 16.4. The maximum absolute atomic E-state index is 11.9. The fraction of sp³-hybridized carbons (Fsp3) is 0.500. The van der Waals surface area contributed by atoms with Crippen LogP contribution >= 0.6 is 0 Å². The second-order valence-corrected chi connectivity index (χ2v) is 5.12. The van der Waals surface area contributed by atoms with E-state index in [2.05, 4.69) is 15.5 Å². The van der Waals surface area contributed by atoms with E-state index in [1.54, 1.807) is 0 Å². The van der Waals surface area contributed by atoms with Crippen LogP contribution < -0.4 is 5.32 Å².